The predicted molar refractivity (Wildman–Crippen MR) is 66.0 cm³/mol. The van der Waals surface area contributed by atoms with Gasteiger partial charge in [0.2, 0.25) is 5.91 Å². The Labute approximate surface area is 96.8 Å². The van der Waals surface area contributed by atoms with Gasteiger partial charge < -0.3 is 10.6 Å². The van der Waals surface area contributed by atoms with Crippen LogP contribution in [0.3, 0.4) is 0 Å². The molecule has 0 aromatic carbocycles. The third-order valence-corrected chi connectivity index (χ3v) is 3.68. The number of likely N-dealkylation sites (tertiary alicyclic amines) is 1. The second-order valence-corrected chi connectivity index (χ2v) is 5.25. The molecule has 1 aliphatic heterocycles. The van der Waals surface area contributed by atoms with Crippen LogP contribution >= 0.6 is 11.8 Å². The smallest absolute Gasteiger partial charge is 0.239 e. The molecule has 1 amide bonds. The lowest BCUT2D eigenvalue weighted by Crippen LogP contribution is -2.49. The maximum Gasteiger partial charge on any atom is 0.239 e. The van der Waals surface area contributed by atoms with Gasteiger partial charge in [-0.3, -0.25) is 4.79 Å². The van der Waals surface area contributed by atoms with Crippen molar-refractivity contribution in [3.05, 3.63) is 0 Å². The van der Waals surface area contributed by atoms with E-state index in [0.29, 0.717) is 6.04 Å². The summed E-state index contributed by atoms with van der Waals surface area (Å²) in [6.07, 6.45) is 6.33. The molecule has 0 radical (unpaired) electrons. The highest BCUT2D eigenvalue weighted by Gasteiger charge is 2.26. The molecule has 15 heavy (non-hydrogen) atoms. The number of hydrogen-bond acceptors (Lipinski definition) is 3. The second-order valence-electron chi connectivity index (χ2n) is 4.26. The zero-order chi connectivity index (χ0) is 11.3. The molecule has 2 N–H and O–H groups in total. The first-order valence-electron chi connectivity index (χ1n) is 5.71. The summed E-state index contributed by atoms with van der Waals surface area (Å²) in [6, 6.07) is 0.0876. The van der Waals surface area contributed by atoms with Crippen LogP contribution in [0.25, 0.3) is 0 Å². The number of carbonyl (C=O) groups excluding carboxylic acids is 1. The molecule has 1 aliphatic rings. The number of rotatable bonds is 4. The molecule has 1 saturated heterocycles. The van der Waals surface area contributed by atoms with Gasteiger partial charge in [0, 0.05) is 12.6 Å². The van der Waals surface area contributed by atoms with Crippen molar-refractivity contribution in [1.29, 1.82) is 0 Å². The summed E-state index contributed by atoms with van der Waals surface area (Å²) in [5.41, 5.74) is 5.89. The Morgan fingerprint density at radius 1 is 1.60 bits per heavy atom. The van der Waals surface area contributed by atoms with Crippen molar-refractivity contribution in [1.82, 2.24) is 4.90 Å². The lowest BCUT2D eigenvalue weighted by Gasteiger charge is -2.35. The standard InChI is InChI=1S/C11H22N2OS/c1-9-5-3-4-7-13(9)11(14)10(12)6-8-15-2/h9-10H,3-8,12H2,1-2H3. The third-order valence-electron chi connectivity index (χ3n) is 3.04. The summed E-state index contributed by atoms with van der Waals surface area (Å²) in [6.45, 7) is 3.02. The largest absolute Gasteiger partial charge is 0.339 e. The molecule has 2 unspecified atom stereocenters. The number of nitrogens with zero attached hydrogens (tertiary/aromatic N) is 1. The van der Waals surface area contributed by atoms with Gasteiger partial charge in [-0.25, -0.2) is 0 Å². The van der Waals surface area contributed by atoms with Crippen LogP contribution < -0.4 is 5.73 Å². The lowest BCUT2D eigenvalue weighted by molar-refractivity contribution is -0.135. The molecular formula is C11H22N2OS. The Morgan fingerprint density at radius 2 is 2.33 bits per heavy atom. The molecule has 3 nitrogen and oxygen atoms in total. The fourth-order valence-electron chi connectivity index (χ4n) is 2.01. The van der Waals surface area contributed by atoms with Crippen molar-refractivity contribution in [2.24, 2.45) is 5.73 Å². The molecule has 0 aliphatic carbocycles. The summed E-state index contributed by atoms with van der Waals surface area (Å²) in [5.74, 6) is 1.12. The average Bonchev–Trinajstić information content (AvgIpc) is 2.25. The van der Waals surface area contributed by atoms with E-state index in [9.17, 15) is 4.79 Å². The van der Waals surface area contributed by atoms with Gasteiger partial charge >= 0.3 is 0 Å². The highest BCUT2D eigenvalue weighted by atomic mass is 32.2. The van der Waals surface area contributed by atoms with Crippen molar-refractivity contribution in [3.8, 4) is 0 Å². The SMILES string of the molecule is CSCCC(N)C(=O)N1CCCCC1C. The summed E-state index contributed by atoms with van der Waals surface area (Å²) in [5, 5.41) is 0. The first kappa shape index (κ1) is 12.8. The van der Waals surface area contributed by atoms with Crippen LogP contribution in [0.4, 0.5) is 0 Å². The highest BCUT2D eigenvalue weighted by molar-refractivity contribution is 7.98. The van der Waals surface area contributed by atoms with E-state index in [1.165, 1.54) is 6.42 Å². The molecule has 0 aromatic rings. The van der Waals surface area contributed by atoms with E-state index in [-0.39, 0.29) is 11.9 Å². The van der Waals surface area contributed by atoms with Gasteiger partial charge in [-0.1, -0.05) is 0 Å². The normalized spacial score (nSPS) is 23.9. The second kappa shape index (κ2) is 6.38. The van der Waals surface area contributed by atoms with E-state index in [1.807, 2.05) is 11.2 Å². The Morgan fingerprint density at radius 3 is 2.93 bits per heavy atom. The number of thioether (sulfide) groups is 1. The van der Waals surface area contributed by atoms with Gasteiger partial charge in [-0.2, -0.15) is 11.8 Å². The van der Waals surface area contributed by atoms with Gasteiger partial charge in [-0.05, 0) is 44.6 Å². The summed E-state index contributed by atoms with van der Waals surface area (Å²) < 4.78 is 0. The monoisotopic (exact) mass is 230 g/mol. The fraction of sp³-hybridized carbons (Fsp3) is 0.909. The molecule has 0 aromatic heterocycles. The molecule has 1 heterocycles. The minimum absolute atomic E-state index is 0.149. The summed E-state index contributed by atoms with van der Waals surface area (Å²) in [7, 11) is 0. The minimum Gasteiger partial charge on any atom is -0.339 e. The van der Waals surface area contributed by atoms with E-state index in [2.05, 4.69) is 6.92 Å². The molecule has 0 saturated carbocycles. The van der Waals surface area contributed by atoms with E-state index in [1.54, 1.807) is 11.8 Å². The third kappa shape index (κ3) is 3.68. The van der Waals surface area contributed by atoms with Gasteiger partial charge in [0.25, 0.3) is 0 Å². The van der Waals surface area contributed by atoms with Crippen LogP contribution in [-0.4, -0.2) is 41.4 Å². The fourth-order valence-corrected chi connectivity index (χ4v) is 2.50. The first-order valence-corrected chi connectivity index (χ1v) is 7.11. The van der Waals surface area contributed by atoms with Gasteiger partial charge in [0.1, 0.15) is 0 Å². The number of piperidine rings is 1. The molecule has 0 spiro atoms. The average molecular weight is 230 g/mol. The maximum absolute atomic E-state index is 12.0. The molecule has 1 rings (SSSR count). The van der Waals surface area contributed by atoms with Crippen molar-refractivity contribution in [3.63, 3.8) is 0 Å². The number of amides is 1. The van der Waals surface area contributed by atoms with Crippen molar-refractivity contribution >= 4 is 17.7 Å². The Balaban J connectivity index is 2.43. The van der Waals surface area contributed by atoms with Crippen LogP contribution in [0.5, 0.6) is 0 Å². The van der Waals surface area contributed by atoms with Crippen molar-refractivity contribution in [2.45, 2.75) is 44.7 Å². The Kier molecular flexibility index (Phi) is 5.47. The molecular weight excluding hydrogens is 208 g/mol. The van der Waals surface area contributed by atoms with Crippen molar-refractivity contribution < 1.29 is 4.79 Å². The van der Waals surface area contributed by atoms with Gasteiger partial charge in [0.15, 0.2) is 0 Å². The number of nitrogens with two attached hydrogens (primary N) is 1. The topological polar surface area (TPSA) is 46.3 Å². The summed E-state index contributed by atoms with van der Waals surface area (Å²) in [4.78, 5) is 14.0. The quantitative estimate of drug-likeness (QED) is 0.795. The number of hydrogen-bond donors (Lipinski definition) is 1. The molecule has 0 bridgehead atoms. The zero-order valence-corrected chi connectivity index (χ0v) is 10.6. The molecule has 4 heteroatoms. The maximum atomic E-state index is 12.0. The molecule has 88 valence electrons. The molecule has 1 fully saturated rings. The van der Waals surface area contributed by atoms with Crippen LogP contribution in [-0.2, 0) is 4.79 Å². The first-order chi connectivity index (χ1) is 7.16. The van der Waals surface area contributed by atoms with E-state index in [0.717, 1.165) is 31.6 Å². The van der Waals surface area contributed by atoms with Crippen molar-refractivity contribution in [2.75, 3.05) is 18.6 Å². The van der Waals surface area contributed by atoms with E-state index >= 15 is 0 Å². The predicted octanol–water partition coefficient (Wildman–Crippen LogP) is 1.47. The van der Waals surface area contributed by atoms with E-state index < -0.39 is 0 Å². The van der Waals surface area contributed by atoms with Crippen LogP contribution in [0, 0.1) is 0 Å². The van der Waals surface area contributed by atoms with Crippen LogP contribution in [0.1, 0.15) is 32.6 Å². The van der Waals surface area contributed by atoms with Crippen LogP contribution in [0.15, 0.2) is 0 Å². The highest BCUT2D eigenvalue weighted by Crippen LogP contribution is 2.17. The number of carbonyl (C=O) groups is 1. The van der Waals surface area contributed by atoms with Crippen LogP contribution in [0.2, 0.25) is 0 Å². The minimum atomic E-state index is -0.294. The van der Waals surface area contributed by atoms with Gasteiger partial charge in [-0.15, -0.1) is 0 Å². The zero-order valence-electron chi connectivity index (χ0n) is 9.74. The van der Waals surface area contributed by atoms with E-state index in [4.69, 9.17) is 5.73 Å². The lowest BCUT2D eigenvalue weighted by atomic mass is 10.0. The van der Waals surface area contributed by atoms with Gasteiger partial charge in [0.05, 0.1) is 6.04 Å². The summed E-state index contributed by atoms with van der Waals surface area (Å²) >= 11 is 1.74. The Hall–Kier alpha value is -0.220. The Bertz CT molecular complexity index is 211. The molecule has 2 atom stereocenters.